The third-order valence-corrected chi connectivity index (χ3v) is 2.88. The van der Waals surface area contributed by atoms with Gasteiger partial charge in [0.15, 0.2) is 5.78 Å². The molecule has 0 bridgehead atoms. The van der Waals surface area contributed by atoms with Crippen LogP contribution in [0.3, 0.4) is 0 Å². The van der Waals surface area contributed by atoms with Crippen LogP contribution in [0.15, 0.2) is 53.2 Å². The van der Waals surface area contributed by atoms with Gasteiger partial charge in [-0.1, -0.05) is 52.3 Å². The number of allylic oxidation sites excluding steroid dienone is 3. The number of hydrogen-bond donors (Lipinski definition) is 1. The molecule has 3 heteroatoms. The van der Waals surface area contributed by atoms with Gasteiger partial charge in [0.1, 0.15) is 6.04 Å². The fraction of sp³-hybridized carbons (Fsp3) is 0.133. The molecule has 0 aliphatic carbocycles. The summed E-state index contributed by atoms with van der Waals surface area (Å²) in [6.07, 6.45) is 9.36. The minimum absolute atomic E-state index is 0.0798. The molecule has 0 radical (unpaired) electrons. The number of rotatable bonds is 3. The lowest BCUT2D eigenvalue weighted by molar-refractivity contribution is 0.0968. The lowest BCUT2D eigenvalue weighted by Gasteiger charge is -2.15. The SMILES string of the molecule is C/C(Br)=C\c1ccccc1C(=O)C1C=CC=CN1. The molecule has 1 aromatic rings. The van der Waals surface area contributed by atoms with Gasteiger partial charge in [0.05, 0.1) is 0 Å². The maximum absolute atomic E-state index is 12.4. The largest absolute Gasteiger partial charge is 0.378 e. The van der Waals surface area contributed by atoms with Crippen molar-refractivity contribution in [3.63, 3.8) is 0 Å². The zero-order valence-electron chi connectivity index (χ0n) is 10.1. The Balaban J connectivity index is 2.33. The molecule has 0 saturated heterocycles. The van der Waals surface area contributed by atoms with Crippen molar-refractivity contribution in [1.82, 2.24) is 5.32 Å². The molecule has 1 atom stereocenters. The van der Waals surface area contributed by atoms with Crippen LogP contribution in [0.1, 0.15) is 22.8 Å². The average molecular weight is 304 g/mol. The molecule has 1 aliphatic rings. The van der Waals surface area contributed by atoms with Crippen LogP contribution in [0.4, 0.5) is 0 Å². The molecule has 1 N–H and O–H groups in total. The van der Waals surface area contributed by atoms with Crippen LogP contribution >= 0.6 is 15.9 Å². The van der Waals surface area contributed by atoms with Gasteiger partial charge in [0, 0.05) is 5.56 Å². The maximum atomic E-state index is 12.4. The summed E-state index contributed by atoms with van der Waals surface area (Å²) in [6, 6.07) is 7.34. The third kappa shape index (κ3) is 2.99. The first-order valence-corrected chi connectivity index (χ1v) is 6.54. The van der Waals surface area contributed by atoms with E-state index in [1.165, 1.54) is 0 Å². The van der Waals surface area contributed by atoms with Gasteiger partial charge in [-0.3, -0.25) is 4.79 Å². The quantitative estimate of drug-likeness (QED) is 0.863. The van der Waals surface area contributed by atoms with Crippen molar-refractivity contribution in [1.29, 1.82) is 0 Å². The second kappa shape index (κ2) is 5.83. The predicted octanol–water partition coefficient (Wildman–Crippen LogP) is 3.67. The molecule has 0 fully saturated rings. The van der Waals surface area contributed by atoms with Crippen LogP contribution < -0.4 is 5.32 Å². The van der Waals surface area contributed by atoms with E-state index >= 15 is 0 Å². The first kappa shape index (κ1) is 12.8. The molecule has 2 nitrogen and oxygen atoms in total. The lowest BCUT2D eigenvalue weighted by Crippen LogP contribution is -2.32. The van der Waals surface area contributed by atoms with Crippen LogP contribution in [-0.4, -0.2) is 11.8 Å². The predicted molar refractivity (Wildman–Crippen MR) is 78.6 cm³/mol. The number of nitrogens with one attached hydrogen (secondary N) is 1. The Bertz CT molecular complexity index is 539. The summed E-state index contributed by atoms with van der Waals surface area (Å²) in [6.45, 7) is 1.95. The highest BCUT2D eigenvalue weighted by atomic mass is 79.9. The normalized spacial score (nSPS) is 18.6. The van der Waals surface area contributed by atoms with Gasteiger partial charge >= 0.3 is 0 Å². The van der Waals surface area contributed by atoms with Crippen LogP contribution in [-0.2, 0) is 0 Å². The fourth-order valence-corrected chi connectivity index (χ4v) is 2.08. The molecule has 1 unspecified atom stereocenters. The van der Waals surface area contributed by atoms with Gasteiger partial charge in [-0.05, 0) is 35.3 Å². The van der Waals surface area contributed by atoms with Gasteiger partial charge in [-0.2, -0.15) is 0 Å². The lowest BCUT2D eigenvalue weighted by atomic mass is 9.97. The Morgan fingerprint density at radius 2 is 2.11 bits per heavy atom. The van der Waals surface area contributed by atoms with Gasteiger partial charge in [0.2, 0.25) is 0 Å². The van der Waals surface area contributed by atoms with E-state index < -0.39 is 0 Å². The number of dihydropyridines is 1. The van der Waals surface area contributed by atoms with Crippen molar-refractivity contribution in [2.45, 2.75) is 13.0 Å². The minimum atomic E-state index is -0.278. The Hall–Kier alpha value is -1.61. The molecule has 0 amide bonds. The van der Waals surface area contributed by atoms with Crippen molar-refractivity contribution in [2.75, 3.05) is 0 Å². The average Bonchev–Trinajstić information content (AvgIpc) is 2.39. The monoisotopic (exact) mass is 303 g/mol. The number of benzene rings is 1. The molecule has 1 aromatic carbocycles. The highest BCUT2D eigenvalue weighted by molar-refractivity contribution is 9.11. The Morgan fingerprint density at radius 3 is 2.78 bits per heavy atom. The van der Waals surface area contributed by atoms with E-state index in [0.717, 1.165) is 15.6 Å². The number of halogens is 1. The van der Waals surface area contributed by atoms with Crippen molar-refractivity contribution >= 4 is 27.8 Å². The molecular weight excluding hydrogens is 290 g/mol. The fourth-order valence-electron chi connectivity index (χ4n) is 1.84. The van der Waals surface area contributed by atoms with Crippen molar-refractivity contribution in [3.8, 4) is 0 Å². The first-order valence-electron chi connectivity index (χ1n) is 5.75. The molecule has 0 spiro atoms. The van der Waals surface area contributed by atoms with Gasteiger partial charge in [0.25, 0.3) is 0 Å². The third-order valence-electron chi connectivity index (χ3n) is 2.65. The standard InChI is InChI=1S/C15H14BrNO/c1-11(16)10-12-6-2-3-7-13(12)15(18)14-8-4-5-9-17-14/h2-10,14,17H,1H3/b11-10+. The summed E-state index contributed by atoms with van der Waals surface area (Å²) in [4.78, 5) is 12.4. The number of ketones is 1. The van der Waals surface area contributed by atoms with E-state index in [1.807, 2.05) is 55.5 Å². The van der Waals surface area contributed by atoms with E-state index in [-0.39, 0.29) is 11.8 Å². The Morgan fingerprint density at radius 1 is 1.33 bits per heavy atom. The van der Waals surface area contributed by atoms with Crippen LogP contribution in [0, 0.1) is 0 Å². The molecule has 0 aromatic heterocycles. The number of carbonyl (C=O) groups excluding carboxylic acids is 1. The second-order valence-corrected chi connectivity index (χ2v) is 5.32. The molecule has 1 aliphatic heterocycles. The minimum Gasteiger partial charge on any atom is -0.378 e. The summed E-state index contributed by atoms with van der Waals surface area (Å²) >= 11 is 3.40. The number of hydrogen-bond acceptors (Lipinski definition) is 2. The second-order valence-electron chi connectivity index (χ2n) is 4.07. The molecular formula is C15H14BrNO. The topological polar surface area (TPSA) is 29.1 Å². The van der Waals surface area contributed by atoms with Crippen molar-refractivity contribution in [3.05, 3.63) is 64.3 Å². The van der Waals surface area contributed by atoms with E-state index in [1.54, 1.807) is 6.20 Å². The smallest absolute Gasteiger partial charge is 0.189 e. The van der Waals surface area contributed by atoms with Gasteiger partial charge in [-0.25, -0.2) is 0 Å². The Kier molecular flexibility index (Phi) is 4.15. The van der Waals surface area contributed by atoms with E-state index in [9.17, 15) is 4.79 Å². The maximum Gasteiger partial charge on any atom is 0.189 e. The summed E-state index contributed by atoms with van der Waals surface area (Å²) in [7, 11) is 0. The molecule has 0 saturated carbocycles. The van der Waals surface area contributed by atoms with Crippen LogP contribution in [0.25, 0.3) is 6.08 Å². The van der Waals surface area contributed by atoms with Crippen LogP contribution in [0.5, 0.6) is 0 Å². The zero-order chi connectivity index (χ0) is 13.0. The van der Waals surface area contributed by atoms with Crippen LogP contribution in [0.2, 0.25) is 0 Å². The molecule has 2 rings (SSSR count). The van der Waals surface area contributed by atoms with E-state index in [4.69, 9.17) is 0 Å². The summed E-state index contributed by atoms with van der Waals surface area (Å²) in [5.41, 5.74) is 1.66. The number of carbonyl (C=O) groups is 1. The molecule has 1 heterocycles. The van der Waals surface area contributed by atoms with Crippen molar-refractivity contribution < 1.29 is 4.79 Å². The zero-order valence-corrected chi connectivity index (χ0v) is 11.6. The van der Waals surface area contributed by atoms with Gasteiger partial charge in [-0.15, -0.1) is 0 Å². The molecule has 18 heavy (non-hydrogen) atoms. The van der Waals surface area contributed by atoms with Crippen molar-refractivity contribution in [2.24, 2.45) is 0 Å². The highest BCUT2D eigenvalue weighted by Crippen LogP contribution is 2.18. The first-order chi connectivity index (χ1) is 8.68. The summed E-state index contributed by atoms with van der Waals surface area (Å²) < 4.78 is 0.995. The van der Waals surface area contributed by atoms with Gasteiger partial charge < -0.3 is 5.32 Å². The molecule has 92 valence electrons. The van der Waals surface area contributed by atoms with E-state index in [0.29, 0.717) is 0 Å². The Labute approximate surface area is 115 Å². The summed E-state index contributed by atoms with van der Waals surface area (Å²) in [5.74, 6) is 0.0798. The highest BCUT2D eigenvalue weighted by Gasteiger charge is 2.18. The summed E-state index contributed by atoms with van der Waals surface area (Å²) in [5, 5.41) is 3.05. The van der Waals surface area contributed by atoms with E-state index in [2.05, 4.69) is 21.2 Å². The number of Topliss-reactive ketones (excluding diaryl/α,β-unsaturated/α-hetero) is 1.